The smallest absolute Gasteiger partial charge is 0.414 e. The molecule has 4 rings (SSSR count). The van der Waals surface area contributed by atoms with Gasteiger partial charge < -0.3 is 19.7 Å². The lowest BCUT2D eigenvalue weighted by molar-refractivity contribution is -0.121. The summed E-state index contributed by atoms with van der Waals surface area (Å²) in [5, 5.41) is 2.79. The van der Waals surface area contributed by atoms with Crippen molar-refractivity contribution < 1.29 is 23.5 Å². The molecule has 3 heterocycles. The van der Waals surface area contributed by atoms with Crippen molar-refractivity contribution in [3.8, 4) is 5.75 Å². The second-order valence-electron chi connectivity index (χ2n) is 7.60. The van der Waals surface area contributed by atoms with Gasteiger partial charge in [0.05, 0.1) is 24.8 Å². The van der Waals surface area contributed by atoms with E-state index < -0.39 is 12.2 Å². The molecule has 0 saturated carbocycles. The fraction of sp³-hybridized carbons (Fsp3) is 0.600. The predicted molar refractivity (Wildman–Crippen MR) is 102 cm³/mol. The number of halogens is 1. The van der Waals surface area contributed by atoms with Crippen molar-refractivity contribution in [2.75, 3.05) is 36.0 Å². The fourth-order valence-electron chi connectivity index (χ4n) is 4.09. The maximum atomic E-state index is 14.9. The van der Waals surface area contributed by atoms with E-state index in [1.807, 2.05) is 6.92 Å². The summed E-state index contributed by atoms with van der Waals surface area (Å²) in [6.45, 7) is 3.90. The number of hydrogen-bond acceptors (Lipinski definition) is 5. The molecular weight excluding hydrogens is 365 g/mol. The number of rotatable bonds is 6. The number of carbonyl (C=O) groups excluding carboxylic acids is 2. The zero-order valence-corrected chi connectivity index (χ0v) is 16.1. The lowest BCUT2D eigenvalue weighted by Gasteiger charge is -2.34. The molecule has 0 unspecified atom stereocenters. The largest absolute Gasteiger partial charge is 0.489 e. The van der Waals surface area contributed by atoms with E-state index in [0.29, 0.717) is 30.2 Å². The van der Waals surface area contributed by atoms with Gasteiger partial charge in [-0.1, -0.05) is 13.3 Å². The van der Waals surface area contributed by atoms with E-state index in [0.717, 1.165) is 32.2 Å². The predicted octanol–water partition coefficient (Wildman–Crippen LogP) is 2.82. The van der Waals surface area contributed by atoms with Crippen molar-refractivity contribution in [2.45, 2.75) is 51.2 Å². The van der Waals surface area contributed by atoms with Crippen molar-refractivity contribution in [2.24, 2.45) is 0 Å². The van der Waals surface area contributed by atoms with Crippen molar-refractivity contribution in [3.05, 3.63) is 17.9 Å². The van der Waals surface area contributed by atoms with Gasteiger partial charge in [0.25, 0.3) is 0 Å². The van der Waals surface area contributed by atoms with E-state index in [-0.39, 0.29) is 30.9 Å². The van der Waals surface area contributed by atoms with Gasteiger partial charge >= 0.3 is 6.09 Å². The molecule has 2 atom stereocenters. The Hall–Kier alpha value is -2.51. The number of carbonyl (C=O) groups is 2. The first kappa shape index (κ1) is 18.8. The van der Waals surface area contributed by atoms with Crippen molar-refractivity contribution in [1.29, 1.82) is 0 Å². The van der Waals surface area contributed by atoms with Crippen LogP contribution in [0.2, 0.25) is 0 Å². The number of unbranched alkanes of at least 4 members (excludes halogenated alkanes) is 1. The Labute approximate surface area is 163 Å². The Kier molecular flexibility index (Phi) is 5.28. The monoisotopic (exact) mass is 391 g/mol. The number of nitrogens with zero attached hydrogens (tertiary/aromatic N) is 2. The lowest BCUT2D eigenvalue weighted by Crippen LogP contribution is -2.39. The summed E-state index contributed by atoms with van der Waals surface area (Å²) in [5.74, 6) is 0.0326. The summed E-state index contributed by atoms with van der Waals surface area (Å²) in [6, 6.07) is 3.30. The highest BCUT2D eigenvalue weighted by molar-refractivity contribution is 5.91. The number of benzene rings is 1. The Morgan fingerprint density at radius 3 is 3.07 bits per heavy atom. The highest BCUT2D eigenvalue weighted by Crippen LogP contribution is 2.42. The number of amides is 2. The molecule has 0 aliphatic carbocycles. The minimum absolute atomic E-state index is 0.0512. The molecule has 152 valence electrons. The molecule has 3 aliphatic rings. The number of ether oxygens (including phenoxy) is 2. The molecular formula is C20H26FN3O4. The molecule has 0 radical (unpaired) electrons. The minimum atomic E-state index is -0.540. The van der Waals surface area contributed by atoms with Gasteiger partial charge in [0, 0.05) is 25.1 Å². The molecule has 2 saturated heterocycles. The molecule has 28 heavy (non-hydrogen) atoms. The van der Waals surface area contributed by atoms with Gasteiger partial charge in [-0.2, -0.15) is 0 Å². The van der Waals surface area contributed by atoms with Crippen molar-refractivity contribution >= 4 is 23.4 Å². The van der Waals surface area contributed by atoms with E-state index in [9.17, 15) is 14.0 Å². The molecule has 1 aromatic rings. The minimum Gasteiger partial charge on any atom is -0.489 e. The third-order valence-electron chi connectivity index (χ3n) is 5.58. The number of hydrogen-bond donors (Lipinski definition) is 1. The topological polar surface area (TPSA) is 71.1 Å². The molecule has 1 N–H and O–H groups in total. The fourth-order valence-corrected chi connectivity index (χ4v) is 4.09. The van der Waals surface area contributed by atoms with Gasteiger partial charge in [-0.05, 0) is 19.3 Å². The molecule has 0 aromatic heterocycles. The average Bonchev–Trinajstić information content (AvgIpc) is 3.30. The van der Waals surface area contributed by atoms with Crippen LogP contribution in [0.4, 0.5) is 20.6 Å². The summed E-state index contributed by atoms with van der Waals surface area (Å²) in [6.07, 6.45) is 3.27. The number of fused-ring (bicyclic) bond motifs is 3. The molecule has 0 bridgehead atoms. The average molecular weight is 391 g/mol. The molecule has 0 spiro atoms. The summed E-state index contributed by atoms with van der Waals surface area (Å²) in [7, 11) is 0. The molecule has 7 nitrogen and oxygen atoms in total. The Morgan fingerprint density at radius 2 is 2.25 bits per heavy atom. The van der Waals surface area contributed by atoms with Crippen LogP contribution in [-0.4, -0.2) is 50.4 Å². The van der Waals surface area contributed by atoms with Crippen molar-refractivity contribution in [3.63, 3.8) is 0 Å². The van der Waals surface area contributed by atoms with E-state index in [4.69, 9.17) is 9.47 Å². The van der Waals surface area contributed by atoms with Crippen molar-refractivity contribution in [1.82, 2.24) is 5.32 Å². The quantitative estimate of drug-likeness (QED) is 0.808. The molecule has 8 heteroatoms. The zero-order chi connectivity index (χ0) is 19.7. The maximum Gasteiger partial charge on any atom is 0.414 e. The van der Waals surface area contributed by atoms with Crippen LogP contribution in [0.25, 0.3) is 0 Å². The van der Waals surface area contributed by atoms with E-state index in [1.165, 1.54) is 11.0 Å². The molecule has 2 amide bonds. The normalized spacial score (nSPS) is 23.1. The van der Waals surface area contributed by atoms with Gasteiger partial charge in [0.2, 0.25) is 5.91 Å². The van der Waals surface area contributed by atoms with Gasteiger partial charge in [-0.25, -0.2) is 9.18 Å². The highest BCUT2D eigenvalue weighted by atomic mass is 19.1. The number of cyclic esters (lactones) is 1. The Morgan fingerprint density at radius 1 is 1.39 bits per heavy atom. The van der Waals surface area contributed by atoms with E-state index in [1.54, 1.807) is 6.07 Å². The summed E-state index contributed by atoms with van der Waals surface area (Å²) >= 11 is 0. The van der Waals surface area contributed by atoms with Gasteiger partial charge in [-0.15, -0.1) is 0 Å². The van der Waals surface area contributed by atoms with Crippen LogP contribution in [0.3, 0.4) is 0 Å². The van der Waals surface area contributed by atoms with E-state index in [2.05, 4.69) is 10.2 Å². The van der Waals surface area contributed by atoms with Gasteiger partial charge in [0.1, 0.15) is 24.1 Å². The molecule has 3 aliphatic heterocycles. The number of anilines is 2. The Bertz CT molecular complexity index is 772. The maximum absolute atomic E-state index is 14.9. The third-order valence-corrected chi connectivity index (χ3v) is 5.58. The van der Waals surface area contributed by atoms with Gasteiger partial charge in [-0.3, -0.25) is 9.69 Å². The van der Waals surface area contributed by atoms with Gasteiger partial charge in [0.15, 0.2) is 5.82 Å². The third kappa shape index (κ3) is 3.59. The van der Waals surface area contributed by atoms with E-state index >= 15 is 0 Å². The van der Waals surface area contributed by atoms with Crippen LogP contribution in [0.5, 0.6) is 5.75 Å². The van der Waals surface area contributed by atoms with Crippen LogP contribution in [-0.2, 0) is 9.53 Å². The first-order chi connectivity index (χ1) is 13.6. The second kappa shape index (κ2) is 7.85. The molecule has 2 fully saturated rings. The summed E-state index contributed by atoms with van der Waals surface area (Å²) < 4.78 is 26.0. The number of nitrogens with one attached hydrogen (secondary N) is 1. The van der Waals surface area contributed by atoms with Crippen LogP contribution < -0.4 is 19.9 Å². The van der Waals surface area contributed by atoms with Crippen LogP contribution >= 0.6 is 0 Å². The second-order valence-corrected chi connectivity index (χ2v) is 7.60. The standard InChI is InChI=1S/C20H26FN3O4/c1-2-3-6-18(25)22-10-15-11-24(20(26)28-15)14-8-16(21)19-17(9-14)27-12-13-5-4-7-23(13)19/h8-9,13,15H,2-7,10-12H2,1H3,(H,22,25)/t13-,15-/m0/s1. The van der Waals surface area contributed by atoms with Crippen LogP contribution in [0, 0.1) is 5.82 Å². The highest BCUT2D eigenvalue weighted by Gasteiger charge is 2.37. The first-order valence-electron chi connectivity index (χ1n) is 10.0. The summed E-state index contributed by atoms with van der Waals surface area (Å²) in [5.41, 5.74) is 0.906. The lowest BCUT2D eigenvalue weighted by atomic mass is 10.1. The van der Waals surface area contributed by atoms with Crippen LogP contribution in [0.15, 0.2) is 12.1 Å². The summed E-state index contributed by atoms with van der Waals surface area (Å²) in [4.78, 5) is 27.5. The Balaban J connectivity index is 1.44. The van der Waals surface area contributed by atoms with Crippen LogP contribution in [0.1, 0.15) is 39.0 Å². The molecule has 1 aromatic carbocycles. The first-order valence-corrected chi connectivity index (χ1v) is 10.0. The SMILES string of the molecule is CCCCC(=O)NC[C@H]1CN(c2cc(F)c3c(c2)OC[C@@H]2CCCN32)C(=O)O1. The zero-order valence-electron chi connectivity index (χ0n) is 16.1.